The maximum Gasteiger partial charge on any atom is 0.274 e. The molecule has 0 aliphatic carbocycles. The van der Waals surface area contributed by atoms with Crippen LogP contribution in [0.4, 0.5) is 0 Å². The fraction of sp³-hybridized carbons (Fsp3) is 0.636. The molecular weight excluding hydrogens is 284 g/mol. The van der Waals surface area contributed by atoms with Crippen LogP contribution in [-0.4, -0.2) is 44.0 Å². The smallest absolute Gasteiger partial charge is 0.274 e. The Morgan fingerprint density at radius 2 is 2.40 bits per heavy atom. The quantitative estimate of drug-likeness (QED) is 0.786. The van der Waals surface area contributed by atoms with Gasteiger partial charge in [0.1, 0.15) is 11.3 Å². The molecule has 1 aromatic heterocycles. The normalized spacial score (nSPS) is 20.1. The van der Waals surface area contributed by atoms with Crippen molar-refractivity contribution in [1.29, 1.82) is 0 Å². The van der Waals surface area contributed by atoms with E-state index in [0.717, 1.165) is 12.8 Å². The van der Waals surface area contributed by atoms with Gasteiger partial charge in [0.15, 0.2) is 0 Å². The van der Waals surface area contributed by atoms with Crippen molar-refractivity contribution in [3.05, 3.63) is 17.5 Å². The number of nitrogens with two attached hydrogens (primary N) is 1. The first-order chi connectivity index (χ1) is 9.37. The Bertz CT molecular complexity index is 583. The third kappa shape index (κ3) is 3.78. The standard InChI is InChI=1S/C11H18N4O4S/c1-8-10(6-13-19-8)11(16)15-4-2-3-9(7-15)5-14-20(12,17)18/h6,9,14H,2-5,7H2,1H3,(H2,12,17,18). The molecular formula is C11H18N4O4S. The molecule has 0 spiro atoms. The van der Waals surface area contributed by atoms with Crippen LogP contribution < -0.4 is 9.86 Å². The molecule has 9 heteroatoms. The third-order valence-corrected chi connectivity index (χ3v) is 3.93. The lowest BCUT2D eigenvalue weighted by molar-refractivity contribution is 0.0674. The Hall–Kier alpha value is -1.45. The zero-order chi connectivity index (χ0) is 14.8. The van der Waals surface area contributed by atoms with E-state index in [-0.39, 0.29) is 18.4 Å². The molecule has 0 aromatic carbocycles. The van der Waals surface area contributed by atoms with Crippen molar-refractivity contribution in [3.8, 4) is 0 Å². The molecule has 1 unspecified atom stereocenters. The Balaban J connectivity index is 1.97. The third-order valence-electron chi connectivity index (χ3n) is 3.36. The summed E-state index contributed by atoms with van der Waals surface area (Å²) < 4.78 is 28.9. The largest absolute Gasteiger partial charge is 0.361 e. The van der Waals surface area contributed by atoms with Crippen molar-refractivity contribution in [2.75, 3.05) is 19.6 Å². The van der Waals surface area contributed by atoms with E-state index >= 15 is 0 Å². The first-order valence-corrected chi connectivity index (χ1v) is 7.89. The molecule has 112 valence electrons. The van der Waals surface area contributed by atoms with Crippen LogP contribution in [0.15, 0.2) is 10.7 Å². The minimum atomic E-state index is -3.69. The number of likely N-dealkylation sites (tertiary alicyclic amines) is 1. The number of nitrogens with one attached hydrogen (secondary N) is 1. The highest BCUT2D eigenvalue weighted by molar-refractivity contribution is 7.87. The summed E-state index contributed by atoms with van der Waals surface area (Å²) in [5.74, 6) is 0.412. The predicted octanol–water partition coefficient (Wildman–Crippen LogP) is -0.372. The van der Waals surface area contributed by atoms with Crippen LogP contribution in [0.5, 0.6) is 0 Å². The second-order valence-electron chi connectivity index (χ2n) is 4.95. The number of aryl methyl sites for hydroxylation is 1. The minimum absolute atomic E-state index is 0.0613. The van der Waals surface area contributed by atoms with Crippen molar-refractivity contribution in [1.82, 2.24) is 14.8 Å². The maximum absolute atomic E-state index is 12.3. The molecule has 0 bridgehead atoms. The van der Waals surface area contributed by atoms with Gasteiger partial charge in [-0.25, -0.2) is 9.86 Å². The maximum atomic E-state index is 12.3. The molecule has 1 amide bonds. The van der Waals surface area contributed by atoms with Crippen molar-refractivity contribution in [3.63, 3.8) is 0 Å². The molecule has 8 nitrogen and oxygen atoms in total. The van der Waals surface area contributed by atoms with Gasteiger partial charge in [-0.3, -0.25) is 4.79 Å². The molecule has 1 aromatic rings. The van der Waals surface area contributed by atoms with Crippen LogP contribution in [0, 0.1) is 12.8 Å². The first kappa shape index (κ1) is 14.9. The number of rotatable bonds is 4. The minimum Gasteiger partial charge on any atom is -0.361 e. The highest BCUT2D eigenvalue weighted by Gasteiger charge is 2.27. The summed E-state index contributed by atoms with van der Waals surface area (Å²) in [5.41, 5.74) is 0.449. The van der Waals surface area contributed by atoms with Crippen molar-refractivity contribution >= 4 is 16.1 Å². The first-order valence-electron chi connectivity index (χ1n) is 6.35. The lowest BCUT2D eigenvalue weighted by Crippen LogP contribution is -2.44. The van der Waals surface area contributed by atoms with Gasteiger partial charge < -0.3 is 9.42 Å². The molecule has 1 atom stereocenters. The van der Waals surface area contributed by atoms with Crippen LogP contribution in [-0.2, 0) is 10.2 Å². The fourth-order valence-electron chi connectivity index (χ4n) is 2.32. The SMILES string of the molecule is Cc1oncc1C(=O)N1CCCC(CNS(N)(=O)=O)C1. The van der Waals surface area contributed by atoms with E-state index in [0.29, 0.717) is 24.4 Å². The Morgan fingerprint density at radius 3 is 3.00 bits per heavy atom. The number of hydrogen-bond donors (Lipinski definition) is 2. The molecule has 1 fully saturated rings. The molecule has 0 radical (unpaired) electrons. The van der Waals surface area contributed by atoms with Gasteiger partial charge in [0.2, 0.25) is 0 Å². The van der Waals surface area contributed by atoms with Crippen LogP contribution in [0.3, 0.4) is 0 Å². The van der Waals surface area contributed by atoms with E-state index < -0.39 is 10.2 Å². The summed E-state index contributed by atoms with van der Waals surface area (Å²) in [7, 11) is -3.69. The number of carbonyl (C=O) groups excluding carboxylic acids is 1. The van der Waals surface area contributed by atoms with E-state index in [1.807, 2.05) is 0 Å². The molecule has 3 N–H and O–H groups in total. The molecule has 2 heterocycles. The van der Waals surface area contributed by atoms with Gasteiger partial charge in [-0.15, -0.1) is 0 Å². The van der Waals surface area contributed by atoms with E-state index in [9.17, 15) is 13.2 Å². The van der Waals surface area contributed by atoms with Gasteiger partial charge in [0.05, 0.1) is 6.20 Å². The molecule has 1 aliphatic heterocycles. The fourth-order valence-corrected chi connectivity index (χ4v) is 2.79. The molecule has 0 saturated carbocycles. The van der Waals surface area contributed by atoms with E-state index in [1.165, 1.54) is 6.20 Å². The van der Waals surface area contributed by atoms with Crippen LogP contribution in [0.2, 0.25) is 0 Å². The summed E-state index contributed by atoms with van der Waals surface area (Å²) >= 11 is 0. The number of carbonyl (C=O) groups is 1. The lowest BCUT2D eigenvalue weighted by atomic mass is 9.98. The second kappa shape index (κ2) is 5.90. The average molecular weight is 302 g/mol. The number of nitrogens with zero attached hydrogens (tertiary/aromatic N) is 2. The predicted molar refractivity (Wildman–Crippen MR) is 71.0 cm³/mol. The number of piperidine rings is 1. The van der Waals surface area contributed by atoms with Crippen molar-refractivity contribution in [2.24, 2.45) is 11.1 Å². The summed E-state index contributed by atoms with van der Waals surface area (Å²) in [5, 5.41) is 8.50. The summed E-state index contributed by atoms with van der Waals surface area (Å²) in [4.78, 5) is 14.0. The molecule has 20 heavy (non-hydrogen) atoms. The topological polar surface area (TPSA) is 119 Å². The second-order valence-corrected chi connectivity index (χ2v) is 6.33. The average Bonchev–Trinajstić information content (AvgIpc) is 2.81. The Kier molecular flexibility index (Phi) is 4.41. The lowest BCUT2D eigenvalue weighted by Gasteiger charge is -2.32. The van der Waals surface area contributed by atoms with Crippen LogP contribution >= 0.6 is 0 Å². The van der Waals surface area contributed by atoms with Gasteiger partial charge in [-0.1, -0.05) is 5.16 Å². The van der Waals surface area contributed by atoms with Gasteiger partial charge in [0.25, 0.3) is 16.1 Å². The number of hydrogen-bond acceptors (Lipinski definition) is 5. The molecule has 2 rings (SSSR count). The number of aromatic nitrogens is 1. The van der Waals surface area contributed by atoms with E-state index in [1.54, 1.807) is 11.8 Å². The van der Waals surface area contributed by atoms with E-state index in [2.05, 4.69) is 9.88 Å². The zero-order valence-electron chi connectivity index (χ0n) is 11.2. The van der Waals surface area contributed by atoms with Crippen molar-refractivity contribution in [2.45, 2.75) is 19.8 Å². The Morgan fingerprint density at radius 1 is 1.65 bits per heavy atom. The molecule has 1 saturated heterocycles. The van der Waals surface area contributed by atoms with Gasteiger partial charge in [0, 0.05) is 19.6 Å². The van der Waals surface area contributed by atoms with Crippen molar-refractivity contribution < 1.29 is 17.7 Å². The monoisotopic (exact) mass is 302 g/mol. The molecule has 1 aliphatic rings. The van der Waals surface area contributed by atoms with Gasteiger partial charge >= 0.3 is 0 Å². The van der Waals surface area contributed by atoms with Crippen LogP contribution in [0.1, 0.15) is 29.0 Å². The zero-order valence-corrected chi connectivity index (χ0v) is 12.0. The highest BCUT2D eigenvalue weighted by atomic mass is 32.2. The Labute approximate surface area is 117 Å². The number of amides is 1. The highest BCUT2D eigenvalue weighted by Crippen LogP contribution is 2.19. The van der Waals surface area contributed by atoms with Gasteiger partial charge in [-0.05, 0) is 25.7 Å². The summed E-state index contributed by atoms with van der Waals surface area (Å²) in [6, 6.07) is 0. The van der Waals surface area contributed by atoms with E-state index in [4.69, 9.17) is 9.66 Å². The van der Waals surface area contributed by atoms with Gasteiger partial charge in [-0.2, -0.15) is 8.42 Å². The summed E-state index contributed by atoms with van der Waals surface area (Å²) in [6.45, 7) is 3.07. The summed E-state index contributed by atoms with van der Waals surface area (Å²) in [6.07, 6.45) is 3.09. The van der Waals surface area contributed by atoms with Crippen LogP contribution in [0.25, 0.3) is 0 Å².